The molecule has 1 heterocycles. The van der Waals surface area contributed by atoms with E-state index >= 15 is 0 Å². The first kappa shape index (κ1) is 13.1. The van der Waals surface area contributed by atoms with E-state index in [1.54, 1.807) is 12.1 Å². The lowest BCUT2D eigenvalue weighted by atomic mass is 9.98. The van der Waals surface area contributed by atoms with Gasteiger partial charge < -0.3 is 10.1 Å². The standard InChI is InChI=1S/C16H22FNO/c1-16(9-2-10-19-16)11-18-15(12-3-4-12)13-5-7-14(17)8-6-13/h5-8,12,15,18H,2-4,9-11H2,1H3. The second kappa shape index (κ2) is 5.22. The van der Waals surface area contributed by atoms with E-state index < -0.39 is 0 Å². The normalized spacial score (nSPS) is 28.5. The first-order valence-electron chi connectivity index (χ1n) is 7.29. The van der Waals surface area contributed by atoms with Crippen LogP contribution in [0.3, 0.4) is 0 Å². The molecule has 0 aromatic heterocycles. The summed E-state index contributed by atoms with van der Waals surface area (Å²) in [6, 6.07) is 7.27. The van der Waals surface area contributed by atoms with Crippen molar-refractivity contribution < 1.29 is 9.13 Å². The Morgan fingerprint density at radius 3 is 2.68 bits per heavy atom. The lowest BCUT2D eigenvalue weighted by Gasteiger charge is -2.28. The third kappa shape index (κ3) is 3.15. The van der Waals surface area contributed by atoms with Gasteiger partial charge in [0.15, 0.2) is 0 Å². The third-order valence-corrected chi connectivity index (χ3v) is 4.32. The highest BCUT2D eigenvalue weighted by Crippen LogP contribution is 2.41. The largest absolute Gasteiger partial charge is 0.374 e. The third-order valence-electron chi connectivity index (χ3n) is 4.32. The zero-order valence-electron chi connectivity index (χ0n) is 11.5. The molecule has 2 atom stereocenters. The summed E-state index contributed by atoms with van der Waals surface area (Å²) in [5.74, 6) is 0.542. The predicted molar refractivity (Wildman–Crippen MR) is 73.5 cm³/mol. The van der Waals surface area contributed by atoms with Crippen LogP contribution >= 0.6 is 0 Å². The molecule has 1 N–H and O–H groups in total. The van der Waals surface area contributed by atoms with Gasteiger partial charge in [0.25, 0.3) is 0 Å². The van der Waals surface area contributed by atoms with E-state index in [9.17, 15) is 4.39 Å². The number of halogens is 1. The molecule has 1 aromatic rings. The SMILES string of the molecule is CC1(CNC(c2ccc(F)cc2)C2CC2)CCCO1. The van der Waals surface area contributed by atoms with Gasteiger partial charge in [-0.05, 0) is 56.2 Å². The van der Waals surface area contributed by atoms with Crippen molar-refractivity contribution in [2.45, 2.75) is 44.2 Å². The lowest BCUT2D eigenvalue weighted by Crippen LogP contribution is -2.39. The summed E-state index contributed by atoms with van der Waals surface area (Å²) in [6.45, 7) is 3.94. The van der Waals surface area contributed by atoms with Crippen LogP contribution in [0, 0.1) is 11.7 Å². The van der Waals surface area contributed by atoms with E-state index in [0.29, 0.717) is 12.0 Å². The van der Waals surface area contributed by atoms with Crippen molar-refractivity contribution in [3.63, 3.8) is 0 Å². The van der Waals surface area contributed by atoms with Crippen molar-refractivity contribution in [2.75, 3.05) is 13.2 Å². The summed E-state index contributed by atoms with van der Waals surface area (Å²) >= 11 is 0. The predicted octanol–water partition coefficient (Wildman–Crippen LogP) is 3.44. The molecule has 0 bridgehead atoms. The topological polar surface area (TPSA) is 21.3 Å². The molecule has 1 aliphatic heterocycles. The zero-order chi connectivity index (χ0) is 13.3. The Labute approximate surface area is 114 Å². The first-order chi connectivity index (χ1) is 9.16. The van der Waals surface area contributed by atoms with Gasteiger partial charge in [-0.3, -0.25) is 0 Å². The van der Waals surface area contributed by atoms with Gasteiger partial charge in [0.1, 0.15) is 5.82 Å². The fourth-order valence-electron chi connectivity index (χ4n) is 2.96. The highest BCUT2D eigenvalue weighted by molar-refractivity contribution is 5.22. The number of rotatable bonds is 5. The molecule has 1 saturated carbocycles. The number of ether oxygens (including phenoxy) is 1. The highest BCUT2D eigenvalue weighted by Gasteiger charge is 2.35. The maximum atomic E-state index is 13.0. The lowest BCUT2D eigenvalue weighted by molar-refractivity contribution is 0.0181. The van der Waals surface area contributed by atoms with Gasteiger partial charge in [0.05, 0.1) is 5.60 Å². The van der Waals surface area contributed by atoms with E-state index in [-0.39, 0.29) is 11.4 Å². The second-order valence-corrected chi connectivity index (χ2v) is 6.15. The molecule has 104 valence electrons. The maximum Gasteiger partial charge on any atom is 0.123 e. The maximum absolute atomic E-state index is 13.0. The number of hydrogen-bond acceptors (Lipinski definition) is 2. The van der Waals surface area contributed by atoms with E-state index in [1.807, 2.05) is 12.1 Å². The summed E-state index contributed by atoms with van der Waals surface area (Å²) in [5.41, 5.74) is 1.18. The van der Waals surface area contributed by atoms with Crippen molar-refractivity contribution in [3.8, 4) is 0 Å². The first-order valence-corrected chi connectivity index (χ1v) is 7.29. The molecule has 0 spiro atoms. The molecule has 3 rings (SSSR count). The van der Waals surface area contributed by atoms with Crippen molar-refractivity contribution in [1.82, 2.24) is 5.32 Å². The monoisotopic (exact) mass is 263 g/mol. The minimum absolute atomic E-state index is 0.0207. The Morgan fingerprint density at radius 1 is 1.37 bits per heavy atom. The van der Waals surface area contributed by atoms with Gasteiger partial charge in [-0.1, -0.05) is 12.1 Å². The molecular formula is C16H22FNO. The van der Waals surface area contributed by atoms with Gasteiger partial charge in [0.2, 0.25) is 0 Å². The van der Waals surface area contributed by atoms with Crippen LogP contribution < -0.4 is 5.32 Å². The molecule has 2 aliphatic rings. The summed E-state index contributed by atoms with van der Waals surface area (Å²) in [4.78, 5) is 0. The second-order valence-electron chi connectivity index (χ2n) is 6.15. The number of benzene rings is 1. The van der Waals surface area contributed by atoms with Gasteiger partial charge in [-0.15, -0.1) is 0 Å². The van der Waals surface area contributed by atoms with Gasteiger partial charge in [-0.2, -0.15) is 0 Å². The Balaban J connectivity index is 1.66. The fraction of sp³-hybridized carbons (Fsp3) is 0.625. The Bertz CT molecular complexity index is 421. The minimum Gasteiger partial charge on any atom is -0.374 e. The molecule has 3 heteroatoms. The summed E-state index contributed by atoms with van der Waals surface area (Å²) in [6.07, 6.45) is 4.82. The van der Waals surface area contributed by atoms with E-state index in [0.717, 1.165) is 26.0 Å². The minimum atomic E-state index is -0.163. The molecule has 0 radical (unpaired) electrons. The van der Waals surface area contributed by atoms with Crippen molar-refractivity contribution in [2.24, 2.45) is 5.92 Å². The molecule has 19 heavy (non-hydrogen) atoms. The van der Waals surface area contributed by atoms with E-state index in [1.165, 1.54) is 18.4 Å². The van der Waals surface area contributed by atoms with Gasteiger partial charge >= 0.3 is 0 Å². The van der Waals surface area contributed by atoms with Gasteiger partial charge in [-0.25, -0.2) is 4.39 Å². The van der Waals surface area contributed by atoms with Crippen LogP contribution in [0.5, 0.6) is 0 Å². The van der Waals surface area contributed by atoms with Crippen LogP contribution in [-0.2, 0) is 4.74 Å². The van der Waals surface area contributed by atoms with Crippen molar-refractivity contribution in [3.05, 3.63) is 35.6 Å². The molecule has 1 aromatic carbocycles. The number of nitrogens with one attached hydrogen (secondary N) is 1. The summed E-state index contributed by atoms with van der Waals surface area (Å²) < 4.78 is 18.8. The van der Waals surface area contributed by atoms with Crippen LogP contribution in [0.15, 0.2) is 24.3 Å². The van der Waals surface area contributed by atoms with E-state index in [4.69, 9.17) is 4.74 Å². The summed E-state index contributed by atoms with van der Waals surface area (Å²) in [5, 5.41) is 3.65. The Morgan fingerprint density at radius 2 is 2.11 bits per heavy atom. The Kier molecular flexibility index (Phi) is 3.59. The van der Waals surface area contributed by atoms with Crippen LogP contribution in [0.4, 0.5) is 4.39 Å². The molecule has 2 nitrogen and oxygen atoms in total. The molecule has 0 amide bonds. The average molecular weight is 263 g/mol. The quantitative estimate of drug-likeness (QED) is 0.878. The molecule has 2 unspecified atom stereocenters. The average Bonchev–Trinajstić information content (AvgIpc) is 3.14. The molecule has 2 fully saturated rings. The summed E-state index contributed by atoms with van der Waals surface area (Å²) in [7, 11) is 0. The van der Waals surface area contributed by atoms with E-state index in [2.05, 4.69) is 12.2 Å². The van der Waals surface area contributed by atoms with Gasteiger partial charge in [0, 0.05) is 19.2 Å². The highest BCUT2D eigenvalue weighted by atomic mass is 19.1. The fourth-order valence-corrected chi connectivity index (χ4v) is 2.96. The Hall–Kier alpha value is -0.930. The van der Waals surface area contributed by atoms with Crippen LogP contribution in [0.1, 0.15) is 44.2 Å². The molecule has 1 saturated heterocycles. The van der Waals surface area contributed by atoms with Crippen LogP contribution in [0.25, 0.3) is 0 Å². The van der Waals surface area contributed by atoms with Crippen LogP contribution in [-0.4, -0.2) is 18.8 Å². The molecular weight excluding hydrogens is 241 g/mol. The molecule has 1 aliphatic carbocycles. The van der Waals surface area contributed by atoms with Crippen molar-refractivity contribution in [1.29, 1.82) is 0 Å². The smallest absolute Gasteiger partial charge is 0.123 e. The van der Waals surface area contributed by atoms with Crippen molar-refractivity contribution >= 4 is 0 Å². The zero-order valence-corrected chi connectivity index (χ0v) is 11.5. The van der Waals surface area contributed by atoms with Crippen LogP contribution in [0.2, 0.25) is 0 Å². The number of hydrogen-bond donors (Lipinski definition) is 1.